The van der Waals surface area contributed by atoms with E-state index in [4.69, 9.17) is 4.74 Å². The van der Waals surface area contributed by atoms with Crippen LogP contribution in [0.15, 0.2) is 72.9 Å². The zero-order chi connectivity index (χ0) is 30.2. The van der Waals surface area contributed by atoms with Gasteiger partial charge in [0.05, 0.1) is 20.2 Å². The van der Waals surface area contributed by atoms with Gasteiger partial charge in [-0.2, -0.15) is 0 Å². The summed E-state index contributed by atoms with van der Waals surface area (Å²) in [5, 5.41) is 0. The number of methoxy groups -OCH3 is 1. The van der Waals surface area contributed by atoms with Crippen LogP contribution >= 0.6 is 0 Å². The molecule has 6 heteroatoms. The summed E-state index contributed by atoms with van der Waals surface area (Å²) in [4.78, 5) is 31.0. The molecule has 0 aliphatic rings. The van der Waals surface area contributed by atoms with Crippen molar-refractivity contribution in [1.29, 1.82) is 0 Å². The van der Waals surface area contributed by atoms with Gasteiger partial charge in [-0.3, -0.25) is 9.59 Å². The van der Waals surface area contributed by atoms with Gasteiger partial charge in [-0.25, -0.2) is 0 Å². The molecule has 0 aliphatic carbocycles. The molecule has 0 unspecified atom stereocenters. The van der Waals surface area contributed by atoms with Gasteiger partial charge >= 0.3 is 0 Å². The summed E-state index contributed by atoms with van der Waals surface area (Å²) in [5.41, 5.74) is 3.26. The third kappa shape index (κ3) is 11.4. The van der Waals surface area contributed by atoms with Crippen molar-refractivity contribution in [3.63, 3.8) is 0 Å². The number of carbonyl (C=O) groups excluding carboxylic acids is 2. The van der Waals surface area contributed by atoms with Crippen molar-refractivity contribution in [2.45, 2.75) is 91.8 Å². The van der Waals surface area contributed by atoms with Gasteiger partial charge in [-0.05, 0) is 54.2 Å². The topological polar surface area (TPSA) is 54.8 Å². The number of nitrogens with zero attached hydrogens (tertiary/aromatic N) is 3. The molecule has 0 bridgehead atoms. The standard InChI is InChI=1S/C36H51N3O3/c1-5-6-7-8-9-13-21-35(40)38(24-22-30(2)3)29-36(41)39(26-31-16-11-10-12-17-31)28-33-19-15-23-37(33)27-32-18-14-20-34(25-32)42-4/h10-12,14-20,23,25,30H,5-9,13,21-22,24,26-29H2,1-4H3. The minimum Gasteiger partial charge on any atom is -0.497 e. The highest BCUT2D eigenvalue weighted by atomic mass is 16.5. The van der Waals surface area contributed by atoms with Crippen molar-refractivity contribution in [2.75, 3.05) is 20.2 Å². The molecule has 0 fully saturated rings. The van der Waals surface area contributed by atoms with Gasteiger partial charge < -0.3 is 19.1 Å². The zero-order valence-electron chi connectivity index (χ0n) is 26.3. The molecule has 3 aromatic rings. The Balaban J connectivity index is 1.74. The smallest absolute Gasteiger partial charge is 0.242 e. The third-order valence-electron chi connectivity index (χ3n) is 7.73. The van der Waals surface area contributed by atoms with Crippen molar-refractivity contribution >= 4 is 11.8 Å². The van der Waals surface area contributed by atoms with Crippen molar-refractivity contribution in [3.05, 3.63) is 89.7 Å². The van der Waals surface area contributed by atoms with Gasteiger partial charge in [0.25, 0.3) is 0 Å². The molecule has 0 N–H and O–H groups in total. The molecule has 0 radical (unpaired) electrons. The number of hydrogen-bond donors (Lipinski definition) is 0. The second-order valence-electron chi connectivity index (χ2n) is 11.7. The number of unbranched alkanes of at least 4 members (excludes halogenated alkanes) is 5. The van der Waals surface area contributed by atoms with E-state index in [9.17, 15) is 9.59 Å². The zero-order valence-corrected chi connectivity index (χ0v) is 26.3. The number of rotatable bonds is 19. The Morgan fingerprint density at radius 2 is 1.55 bits per heavy atom. The average molecular weight is 574 g/mol. The highest BCUT2D eigenvalue weighted by Crippen LogP contribution is 2.18. The first-order chi connectivity index (χ1) is 20.4. The maximum atomic E-state index is 13.9. The quantitative estimate of drug-likeness (QED) is 0.138. The molecule has 0 saturated heterocycles. The van der Waals surface area contributed by atoms with E-state index in [-0.39, 0.29) is 18.4 Å². The maximum absolute atomic E-state index is 13.9. The summed E-state index contributed by atoms with van der Waals surface area (Å²) in [5.74, 6) is 1.37. The summed E-state index contributed by atoms with van der Waals surface area (Å²) in [6.07, 6.45) is 10.3. The van der Waals surface area contributed by atoms with Crippen LogP contribution in [0.4, 0.5) is 0 Å². The Labute approximate surface area is 253 Å². The molecule has 6 nitrogen and oxygen atoms in total. The van der Waals surface area contributed by atoms with Crippen LogP contribution in [-0.4, -0.2) is 46.4 Å². The number of benzene rings is 2. The van der Waals surface area contributed by atoms with Crippen LogP contribution in [0.1, 0.15) is 89.0 Å². The molecule has 2 aromatic carbocycles. The second kappa shape index (κ2) is 18.1. The van der Waals surface area contributed by atoms with Gasteiger partial charge in [0.2, 0.25) is 11.8 Å². The lowest BCUT2D eigenvalue weighted by atomic mass is 10.1. The van der Waals surface area contributed by atoms with Gasteiger partial charge in [-0.15, -0.1) is 0 Å². The van der Waals surface area contributed by atoms with Crippen LogP contribution in [0.5, 0.6) is 5.75 Å². The average Bonchev–Trinajstić information content (AvgIpc) is 3.43. The van der Waals surface area contributed by atoms with Crippen molar-refractivity contribution < 1.29 is 14.3 Å². The van der Waals surface area contributed by atoms with E-state index >= 15 is 0 Å². The van der Waals surface area contributed by atoms with E-state index in [1.54, 1.807) is 7.11 Å². The van der Waals surface area contributed by atoms with Crippen LogP contribution in [0.3, 0.4) is 0 Å². The van der Waals surface area contributed by atoms with Crippen LogP contribution in [0.2, 0.25) is 0 Å². The SMILES string of the molecule is CCCCCCCCC(=O)N(CCC(C)C)CC(=O)N(Cc1ccccc1)Cc1cccn1Cc1cccc(OC)c1. The lowest BCUT2D eigenvalue weighted by molar-refractivity contribution is -0.141. The Morgan fingerprint density at radius 1 is 0.810 bits per heavy atom. The Bertz CT molecular complexity index is 1200. The molecular formula is C36H51N3O3. The monoisotopic (exact) mass is 573 g/mol. The molecule has 228 valence electrons. The molecule has 0 spiro atoms. The summed E-state index contributed by atoms with van der Waals surface area (Å²) in [6, 6.07) is 22.3. The second-order valence-corrected chi connectivity index (χ2v) is 11.7. The third-order valence-corrected chi connectivity index (χ3v) is 7.73. The van der Waals surface area contributed by atoms with Crippen molar-refractivity contribution in [3.8, 4) is 5.75 Å². The van der Waals surface area contributed by atoms with Gasteiger partial charge in [0.1, 0.15) is 5.75 Å². The highest BCUT2D eigenvalue weighted by molar-refractivity contribution is 5.84. The lowest BCUT2D eigenvalue weighted by Crippen LogP contribution is -2.43. The molecule has 1 heterocycles. The van der Waals surface area contributed by atoms with Crippen LogP contribution in [0.25, 0.3) is 0 Å². The van der Waals surface area contributed by atoms with E-state index < -0.39 is 0 Å². The molecule has 1 aromatic heterocycles. The fraction of sp³-hybridized carbons (Fsp3) is 0.500. The van der Waals surface area contributed by atoms with Gasteiger partial charge in [-0.1, -0.05) is 95.3 Å². The lowest BCUT2D eigenvalue weighted by Gasteiger charge is -2.29. The number of carbonyl (C=O) groups is 2. The first kappa shape index (κ1) is 33.0. The van der Waals surface area contributed by atoms with Crippen LogP contribution in [-0.2, 0) is 29.2 Å². The minimum atomic E-state index is -0.0203. The first-order valence-electron chi connectivity index (χ1n) is 15.8. The number of amides is 2. The van der Waals surface area contributed by atoms with Crippen LogP contribution < -0.4 is 4.74 Å². The summed E-state index contributed by atoms with van der Waals surface area (Å²) in [7, 11) is 1.68. The van der Waals surface area contributed by atoms with E-state index in [2.05, 4.69) is 55.8 Å². The van der Waals surface area contributed by atoms with Gasteiger partial charge in [0, 0.05) is 37.9 Å². The maximum Gasteiger partial charge on any atom is 0.242 e. The Hall–Kier alpha value is -3.54. The molecule has 0 atom stereocenters. The molecule has 0 aliphatic heterocycles. The van der Waals surface area contributed by atoms with E-state index in [0.717, 1.165) is 41.8 Å². The summed E-state index contributed by atoms with van der Waals surface area (Å²) in [6.45, 7) is 8.92. The largest absolute Gasteiger partial charge is 0.497 e. The minimum absolute atomic E-state index is 0.0203. The van der Waals surface area contributed by atoms with E-state index in [0.29, 0.717) is 38.5 Å². The van der Waals surface area contributed by atoms with Crippen molar-refractivity contribution in [1.82, 2.24) is 14.4 Å². The summed E-state index contributed by atoms with van der Waals surface area (Å²) < 4.78 is 7.59. The fourth-order valence-electron chi connectivity index (χ4n) is 5.13. The fourth-order valence-corrected chi connectivity index (χ4v) is 5.13. The normalized spacial score (nSPS) is 11.1. The van der Waals surface area contributed by atoms with Crippen molar-refractivity contribution in [2.24, 2.45) is 5.92 Å². The highest BCUT2D eigenvalue weighted by Gasteiger charge is 2.23. The first-order valence-corrected chi connectivity index (χ1v) is 15.8. The Morgan fingerprint density at radius 3 is 2.29 bits per heavy atom. The summed E-state index contributed by atoms with van der Waals surface area (Å²) >= 11 is 0. The number of ether oxygens (including phenoxy) is 1. The molecule has 42 heavy (non-hydrogen) atoms. The molecular weight excluding hydrogens is 522 g/mol. The molecule has 3 rings (SSSR count). The molecule has 2 amide bonds. The predicted molar refractivity (Wildman–Crippen MR) is 171 cm³/mol. The number of aromatic nitrogens is 1. The number of hydrogen-bond acceptors (Lipinski definition) is 3. The van der Waals surface area contributed by atoms with Gasteiger partial charge in [0.15, 0.2) is 0 Å². The molecule has 0 saturated carbocycles. The van der Waals surface area contributed by atoms with E-state index in [1.807, 2.05) is 52.3 Å². The Kier molecular flexibility index (Phi) is 14.2. The van der Waals surface area contributed by atoms with Crippen LogP contribution in [0, 0.1) is 5.92 Å². The van der Waals surface area contributed by atoms with E-state index in [1.165, 1.54) is 25.7 Å². The predicted octanol–water partition coefficient (Wildman–Crippen LogP) is 7.70.